The van der Waals surface area contributed by atoms with E-state index in [0.29, 0.717) is 35.3 Å². The van der Waals surface area contributed by atoms with Crippen LogP contribution in [0.1, 0.15) is 44.0 Å². The maximum atomic E-state index is 12.8. The maximum absolute atomic E-state index is 12.8. The first-order valence-electron chi connectivity index (χ1n) is 8.45. The molecular weight excluding hydrogens is 361 g/mol. The summed E-state index contributed by atoms with van der Waals surface area (Å²) in [5, 5.41) is 3.20. The van der Waals surface area contributed by atoms with Crippen LogP contribution < -0.4 is 11.1 Å². The standard InChI is InChI=1S/C18H26ClN3O2.ClH/c1-11(2)17(23)21-14-6-7-16(19)15(9-14)18(24)22-8-4-5-13(10-22)12(3)20;/h6-7,9,11-13H,4-5,8,10,20H2,1-3H3,(H,21,23);1H. The molecule has 2 atom stereocenters. The van der Waals surface area contributed by atoms with Crippen LogP contribution in [0.3, 0.4) is 0 Å². The Morgan fingerprint density at radius 2 is 2.00 bits per heavy atom. The van der Waals surface area contributed by atoms with E-state index >= 15 is 0 Å². The van der Waals surface area contributed by atoms with Gasteiger partial charge in [0.25, 0.3) is 5.91 Å². The summed E-state index contributed by atoms with van der Waals surface area (Å²) >= 11 is 6.22. The van der Waals surface area contributed by atoms with Gasteiger partial charge in [0.15, 0.2) is 0 Å². The van der Waals surface area contributed by atoms with Gasteiger partial charge in [0.1, 0.15) is 0 Å². The predicted octanol–water partition coefficient (Wildman–Crippen LogP) is 3.56. The molecular formula is C18H27Cl2N3O2. The fourth-order valence-electron chi connectivity index (χ4n) is 2.85. The van der Waals surface area contributed by atoms with E-state index in [9.17, 15) is 9.59 Å². The summed E-state index contributed by atoms with van der Waals surface area (Å²) in [7, 11) is 0. The van der Waals surface area contributed by atoms with Crippen LogP contribution in [-0.4, -0.2) is 35.8 Å². The zero-order valence-corrected chi connectivity index (χ0v) is 16.5. The van der Waals surface area contributed by atoms with Crippen molar-refractivity contribution in [2.24, 2.45) is 17.6 Å². The van der Waals surface area contributed by atoms with Crippen molar-refractivity contribution in [2.45, 2.75) is 39.7 Å². The number of rotatable bonds is 4. The zero-order chi connectivity index (χ0) is 17.9. The molecule has 0 saturated carbocycles. The van der Waals surface area contributed by atoms with Gasteiger partial charge in [-0.05, 0) is 43.9 Å². The summed E-state index contributed by atoms with van der Waals surface area (Å²) in [5.41, 5.74) is 7.00. The van der Waals surface area contributed by atoms with Gasteiger partial charge in [-0.15, -0.1) is 12.4 Å². The van der Waals surface area contributed by atoms with Crippen molar-refractivity contribution in [1.29, 1.82) is 0 Å². The molecule has 1 heterocycles. The van der Waals surface area contributed by atoms with E-state index < -0.39 is 0 Å². The lowest BCUT2D eigenvalue weighted by Crippen LogP contribution is -2.45. The molecule has 0 radical (unpaired) electrons. The first-order valence-corrected chi connectivity index (χ1v) is 8.82. The number of nitrogens with two attached hydrogens (primary N) is 1. The Bertz CT molecular complexity index is 620. The molecule has 7 heteroatoms. The lowest BCUT2D eigenvalue weighted by molar-refractivity contribution is -0.118. The lowest BCUT2D eigenvalue weighted by Gasteiger charge is -2.34. The van der Waals surface area contributed by atoms with Crippen LogP contribution in [-0.2, 0) is 4.79 Å². The minimum Gasteiger partial charge on any atom is -0.338 e. The van der Waals surface area contributed by atoms with Crippen molar-refractivity contribution in [1.82, 2.24) is 4.90 Å². The number of nitrogens with one attached hydrogen (secondary N) is 1. The SMILES string of the molecule is CC(C)C(=O)Nc1ccc(Cl)c(C(=O)N2CCCC(C(C)N)C2)c1.Cl. The summed E-state index contributed by atoms with van der Waals surface area (Å²) in [6.45, 7) is 6.97. The molecule has 2 rings (SSSR count). The minimum absolute atomic E-state index is 0. The van der Waals surface area contributed by atoms with E-state index in [-0.39, 0.29) is 36.2 Å². The highest BCUT2D eigenvalue weighted by molar-refractivity contribution is 6.34. The van der Waals surface area contributed by atoms with Crippen molar-refractivity contribution in [2.75, 3.05) is 18.4 Å². The smallest absolute Gasteiger partial charge is 0.255 e. The largest absolute Gasteiger partial charge is 0.338 e. The number of hydrogen-bond acceptors (Lipinski definition) is 3. The Labute approximate surface area is 160 Å². The van der Waals surface area contributed by atoms with E-state index in [1.54, 1.807) is 18.2 Å². The summed E-state index contributed by atoms with van der Waals surface area (Å²) in [4.78, 5) is 26.5. The van der Waals surface area contributed by atoms with E-state index in [2.05, 4.69) is 5.32 Å². The Hall–Kier alpha value is -1.30. The number of amides is 2. The van der Waals surface area contributed by atoms with Gasteiger partial charge in [0, 0.05) is 30.7 Å². The molecule has 1 saturated heterocycles. The van der Waals surface area contributed by atoms with Gasteiger partial charge in [0.05, 0.1) is 10.6 Å². The molecule has 0 aromatic heterocycles. The number of piperidine rings is 1. The van der Waals surface area contributed by atoms with Gasteiger partial charge >= 0.3 is 0 Å². The molecule has 1 aliphatic heterocycles. The molecule has 2 unspecified atom stereocenters. The maximum Gasteiger partial charge on any atom is 0.255 e. The quantitative estimate of drug-likeness (QED) is 0.828. The first kappa shape index (κ1) is 21.7. The molecule has 3 N–H and O–H groups in total. The van der Waals surface area contributed by atoms with Crippen molar-refractivity contribution >= 4 is 41.5 Å². The molecule has 1 aromatic carbocycles. The lowest BCUT2D eigenvalue weighted by atomic mass is 9.92. The number of carbonyl (C=O) groups is 2. The van der Waals surface area contributed by atoms with Gasteiger partial charge in [-0.3, -0.25) is 9.59 Å². The van der Waals surface area contributed by atoms with Crippen LogP contribution in [0.2, 0.25) is 5.02 Å². The summed E-state index contributed by atoms with van der Waals surface area (Å²) < 4.78 is 0. The van der Waals surface area contributed by atoms with Gasteiger partial charge in [-0.1, -0.05) is 25.4 Å². The predicted molar refractivity (Wildman–Crippen MR) is 104 cm³/mol. The van der Waals surface area contributed by atoms with Gasteiger partial charge < -0.3 is 16.0 Å². The molecule has 1 aliphatic rings. The molecule has 140 valence electrons. The molecule has 0 aliphatic carbocycles. The van der Waals surface area contributed by atoms with Gasteiger partial charge in [0.2, 0.25) is 5.91 Å². The highest BCUT2D eigenvalue weighted by atomic mass is 35.5. The second-order valence-corrected chi connectivity index (χ2v) is 7.26. The van der Waals surface area contributed by atoms with Crippen molar-refractivity contribution in [3.63, 3.8) is 0 Å². The number of anilines is 1. The third-order valence-corrected chi connectivity index (χ3v) is 4.81. The number of halogens is 2. The number of benzene rings is 1. The second kappa shape index (κ2) is 9.41. The Morgan fingerprint density at radius 1 is 1.32 bits per heavy atom. The van der Waals surface area contributed by atoms with Crippen molar-refractivity contribution < 1.29 is 9.59 Å². The molecule has 0 spiro atoms. The first-order chi connectivity index (χ1) is 11.3. The van der Waals surface area contributed by atoms with E-state index in [0.717, 1.165) is 12.8 Å². The Kier molecular flexibility index (Phi) is 8.19. The fraction of sp³-hybridized carbons (Fsp3) is 0.556. The third-order valence-electron chi connectivity index (χ3n) is 4.48. The number of carbonyl (C=O) groups excluding carboxylic acids is 2. The average Bonchev–Trinajstić information content (AvgIpc) is 2.55. The normalized spacial score (nSPS) is 18.5. The Balaban J connectivity index is 0.00000312. The summed E-state index contributed by atoms with van der Waals surface area (Å²) in [6, 6.07) is 5.08. The van der Waals surface area contributed by atoms with Crippen LogP contribution in [0.25, 0.3) is 0 Å². The van der Waals surface area contributed by atoms with Crippen LogP contribution in [0.15, 0.2) is 18.2 Å². The van der Waals surface area contributed by atoms with Crippen molar-refractivity contribution in [3.05, 3.63) is 28.8 Å². The van der Waals surface area contributed by atoms with Crippen LogP contribution in [0.4, 0.5) is 5.69 Å². The average molecular weight is 388 g/mol. The molecule has 5 nitrogen and oxygen atoms in total. The van der Waals surface area contributed by atoms with Crippen LogP contribution in [0, 0.1) is 11.8 Å². The number of likely N-dealkylation sites (tertiary alicyclic amines) is 1. The minimum atomic E-state index is -0.131. The molecule has 1 fully saturated rings. The van der Waals surface area contributed by atoms with Crippen LogP contribution >= 0.6 is 24.0 Å². The van der Waals surface area contributed by atoms with E-state index in [1.165, 1.54) is 0 Å². The number of hydrogen-bond donors (Lipinski definition) is 2. The topological polar surface area (TPSA) is 75.4 Å². The Morgan fingerprint density at radius 3 is 2.60 bits per heavy atom. The van der Waals surface area contributed by atoms with E-state index in [4.69, 9.17) is 17.3 Å². The highest BCUT2D eigenvalue weighted by Crippen LogP contribution is 2.26. The molecule has 2 amide bonds. The summed E-state index contributed by atoms with van der Waals surface area (Å²) in [6.07, 6.45) is 1.99. The monoisotopic (exact) mass is 387 g/mol. The highest BCUT2D eigenvalue weighted by Gasteiger charge is 2.27. The zero-order valence-electron chi connectivity index (χ0n) is 14.9. The summed E-state index contributed by atoms with van der Waals surface area (Å²) in [5.74, 6) is -0.0178. The van der Waals surface area contributed by atoms with Crippen molar-refractivity contribution in [3.8, 4) is 0 Å². The molecule has 1 aromatic rings. The van der Waals surface area contributed by atoms with Gasteiger partial charge in [-0.25, -0.2) is 0 Å². The fourth-order valence-corrected chi connectivity index (χ4v) is 3.05. The molecule has 0 bridgehead atoms. The molecule has 25 heavy (non-hydrogen) atoms. The van der Waals surface area contributed by atoms with Gasteiger partial charge in [-0.2, -0.15) is 0 Å². The third kappa shape index (κ3) is 5.59. The van der Waals surface area contributed by atoms with Crippen LogP contribution in [0.5, 0.6) is 0 Å². The second-order valence-electron chi connectivity index (χ2n) is 6.85. The van der Waals surface area contributed by atoms with E-state index in [1.807, 2.05) is 25.7 Å². The number of nitrogens with zero attached hydrogens (tertiary/aromatic N) is 1.